The third kappa shape index (κ3) is 5.06. The summed E-state index contributed by atoms with van der Waals surface area (Å²) >= 11 is 11.9. The quantitative estimate of drug-likeness (QED) is 0.465. The van der Waals surface area contributed by atoms with Crippen LogP contribution in [0.2, 0.25) is 10.0 Å². The second-order valence-electron chi connectivity index (χ2n) is 6.96. The summed E-state index contributed by atoms with van der Waals surface area (Å²) in [5.74, 6) is -2.55. The molecule has 0 spiro atoms. The molecule has 1 aliphatic heterocycles. The molecule has 0 saturated carbocycles. The second kappa shape index (κ2) is 9.94. The molecule has 2 aromatic rings. The van der Waals surface area contributed by atoms with Crippen molar-refractivity contribution in [1.29, 1.82) is 0 Å². The van der Waals surface area contributed by atoms with E-state index in [0.29, 0.717) is 11.4 Å². The third-order valence-corrected chi connectivity index (χ3v) is 5.35. The molecule has 31 heavy (non-hydrogen) atoms. The smallest absolute Gasteiger partial charge is 0.329 e. The summed E-state index contributed by atoms with van der Waals surface area (Å²) in [7, 11) is 0. The number of rotatable bonds is 8. The summed E-state index contributed by atoms with van der Waals surface area (Å²) in [5, 5.41) is 3.16. The maximum absolute atomic E-state index is 12.8. The number of nitrogens with one attached hydrogen (secondary N) is 1. The van der Waals surface area contributed by atoms with Crippen LogP contribution in [0.3, 0.4) is 0 Å². The van der Waals surface area contributed by atoms with Crippen LogP contribution in [-0.2, 0) is 14.3 Å². The molecule has 7 nitrogen and oxygen atoms in total. The van der Waals surface area contributed by atoms with Crippen LogP contribution in [-0.4, -0.2) is 41.2 Å². The number of hydrogen-bond donors (Lipinski definition) is 1. The van der Waals surface area contributed by atoms with E-state index in [1.807, 2.05) is 6.92 Å². The van der Waals surface area contributed by atoms with Gasteiger partial charge in [-0.3, -0.25) is 19.3 Å². The van der Waals surface area contributed by atoms with Gasteiger partial charge in [0.1, 0.15) is 6.04 Å². The van der Waals surface area contributed by atoms with Gasteiger partial charge in [-0.15, -0.1) is 0 Å². The molecule has 0 aromatic heterocycles. The van der Waals surface area contributed by atoms with Gasteiger partial charge >= 0.3 is 5.97 Å². The van der Waals surface area contributed by atoms with Crippen LogP contribution in [0, 0.1) is 0 Å². The van der Waals surface area contributed by atoms with Gasteiger partial charge in [0.05, 0.1) is 21.8 Å². The van der Waals surface area contributed by atoms with Crippen LogP contribution < -0.4 is 5.32 Å². The van der Waals surface area contributed by atoms with Gasteiger partial charge in [0.15, 0.2) is 6.61 Å². The minimum atomic E-state index is -1.12. The number of hydrogen-bond acceptors (Lipinski definition) is 5. The Hall–Kier alpha value is -2.90. The van der Waals surface area contributed by atoms with Crippen molar-refractivity contribution in [2.75, 3.05) is 11.9 Å². The number of esters is 1. The number of nitrogens with zero attached hydrogens (tertiary/aromatic N) is 1. The standard InChI is InChI=1S/C22H20Cl2N2O5/c1-2-3-8-18(26-20(28)14-6-4-5-7-15(14)21(26)29)22(30)31-12-19(27)25-17-11-13(23)9-10-16(17)24/h4-7,9-11,18H,2-3,8,12H2,1H3,(H,25,27)/t18-/m1/s1. The number of ether oxygens (including phenoxy) is 1. The average molecular weight is 463 g/mol. The summed E-state index contributed by atoms with van der Waals surface area (Å²) < 4.78 is 5.14. The predicted octanol–water partition coefficient (Wildman–Crippen LogP) is 4.33. The molecule has 162 valence electrons. The van der Waals surface area contributed by atoms with Gasteiger partial charge in [-0.2, -0.15) is 0 Å². The molecule has 9 heteroatoms. The van der Waals surface area contributed by atoms with Crippen LogP contribution in [0.1, 0.15) is 46.9 Å². The van der Waals surface area contributed by atoms with E-state index >= 15 is 0 Å². The Kier molecular flexibility index (Phi) is 7.30. The molecule has 1 atom stereocenters. The van der Waals surface area contributed by atoms with Crippen molar-refractivity contribution >= 4 is 52.6 Å². The minimum absolute atomic E-state index is 0.239. The molecule has 0 unspecified atom stereocenters. The van der Waals surface area contributed by atoms with E-state index in [1.54, 1.807) is 30.3 Å². The predicted molar refractivity (Wildman–Crippen MR) is 116 cm³/mol. The van der Waals surface area contributed by atoms with E-state index in [4.69, 9.17) is 27.9 Å². The first kappa shape index (κ1) is 22.8. The van der Waals surface area contributed by atoms with Crippen molar-refractivity contribution in [3.05, 3.63) is 63.6 Å². The lowest BCUT2D eigenvalue weighted by atomic mass is 10.1. The van der Waals surface area contributed by atoms with E-state index < -0.39 is 36.3 Å². The molecule has 0 radical (unpaired) electrons. The van der Waals surface area contributed by atoms with Gasteiger partial charge in [-0.05, 0) is 36.8 Å². The number of halogens is 2. The van der Waals surface area contributed by atoms with Crippen molar-refractivity contribution in [1.82, 2.24) is 4.90 Å². The lowest BCUT2D eigenvalue weighted by molar-refractivity contribution is -0.151. The number of anilines is 1. The first-order valence-corrected chi connectivity index (χ1v) is 10.5. The van der Waals surface area contributed by atoms with Crippen molar-refractivity contribution < 1.29 is 23.9 Å². The average Bonchev–Trinajstić information content (AvgIpc) is 3.00. The Morgan fingerprint density at radius 1 is 1.06 bits per heavy atom. The highest BCUT2D eigenvalue weighted by molar-refractivity contribution is 6.35. The lowest BCUT2D eigenvalue weighted by Gasteiger charge is -2.24. The highest BCUT2D eigenvalue weighted by Gasteiger charge is 2.43. The lowest BCUT2D eigenvalue weighted by Crippen LogP contribution is -2.46. The number of fused-ring (bicyclic) bond motifs is 1. The van der Waals surface area contributed by atoms with E-state index in [1.165, 1.54) is 12.1 Å². The van der Waals surface area contributed by atoms with Crippen LogP contribution in [0.25, 0.3) is 0 Å². The van der Waals surface area contributed by atoms with Crippen molar-refractivity contribution in [3.8, 4) is 0 Å². The molecule has 3 amide bonds. The number of imide groups is 1. The summed E-state index contributed by atoms with van der Waals surface area (Å²) in [4.78, 5) is 51.4. The van der Waals surface area contributed by atoms with Crippen LogP contribution in [0.4, 0.5) is 5.69 Å². The Morgan fingerprint density at radius 3 is 2.32 bits per heavy atom. The molecular weight excluding hydrogens is 443 g/mol. The van der Waals surface area contributed by atoms with Crippen LogP contribution in [0.15, 0.2) is 42.5 Å². The number of carbonyl (C=O) groups is 4. The zero-order valence-electron chi connectivity index (χ0n) is 16.7. The highest BCUT2D eigenvalue weighted by Crippen LogP contribution is 2.27. The molecule has 1 heterocycles. The Bertz CT molecular complexity index is 1010. The zero-order valence-corrected chi connectivity index (χ0v) is 18.2. The van der Waals surface area contributed by atoms with Gasteiger partial charge in [-0.25, -0.2) is 4.79 Å². The zero-order chi connectivity index (χ0) is 22.5. The van der Waals surface area contributed by atoms with Gasteiger partial charge in [0.25, 0.3) is 17.7 Å². The summed E-state index contributed by atoms with van der Waals surface area (Å²) in [5.41, 5.74) is 0.767. The maximum Gasteiger partial charge on any atom is 0.329 e. The molecule has 0 bridgehead atoms. The highest BCUT2D eigenvalue weighted by atomic mass is 35.5. The SMILES string of the molecule is CCCC[C@H](C(=O)OCC(=O)Nc1cc(Cl)ccc1Cl)N1C(=O)c2ccccc2C1=O. The summed E-state index contributed by atoms with van der Waals surface area (Å²) in [6.07, 6.45) is 1.58. The fourth-order valence-electron chi connectivity index (χ4n) is 3.25. The number of benzene rings is 2. The van der Waals surface area contributed by atoms with Gasteiger partial charge in [0, 0.05) is 5.02 Å². The number of amides is 3. The third-order valence-electron chi connectivity index (χ3n) is 4.79. The van der Waals surface area contributed by atoms with Gasteiger partial charge in [0.2, 0.25) is 0 Å². The fourth-order valence-corrected chi connectivity index (χ4v) is 3.59. The molecule has 3 rings (SSSR count). The van der Waals surface area contributed by atoms with Gasteiger partial charge in [-0.1, -0.05) is 55.1 Å². The van der Waals surface area contributed by atoms with E-state index in [9.17, 15) is 19.2 Å². The first-order chi connectivity index (χ1) is 14.8. The number of unbranched alkanes of at least 4 members (excludes halogenated alkanes) is 1. The van der Waals surface area contributed by atoms with E-state index in [-0.39, 0.29) is 28.3 Å². The molecular formula is C22H20Cl2N2O5. The second-order valence-corrected chi connectivity index (χ2v) is 7.81. The monoisotopic (exact) mass is 462 g/mol. The van der Waals surface area contributed by atoms with E-state index in [2.05, 4.69) is 5.32 Å². The first-order valence-electron chi connectivity index (χ1n) is 9.72. The maximum atomic E-state index is 12.8. The largest absolute Gasteiger partial charge is 0.454 e. The summed E-state index contributed by atoms with van der Waals surface area (Å²) in [6.45, 7) is 1.32. The molecule has 1 N–H and O–H groups in total. The van der Waals surface area contributed by atoms with E-state index in [0.717, 1.165) is 11.3 Å². The topological polar surface area (TPSA) is 92.8 Å². The Balaban J connectivity index is 1.69. The molecule has 1 aliphatic rings. The molecule has 0 aliphatic carbocycles. The minimum Gasteiger partial charge on any atom is -0.454 e. The fraction of sp³-hybridized carbons (Fsp3) is 0.273. The molecule has 0 saturated heterocycles. The van der Waals surface area contributed by atoms with Gasteiger partial charge < -0.3 is 10.1 Å². The Morgan fingerprint density at radius 2 is 1.71 bits per heavy atom. The Labute approximate surface area is 189 Å². The van der Waals surface area contributed by atoms with Crippen LogP contribution >= 0.6 is 23.2 Å². The van der Waals surface area contributed by atoms with Crippen molar-refractivity contribution in [3.63, 3.8) is 0 Å². The normalized spacial score (nSPS) is 13.7. The molecule has 2 aromatic carbocycles. The molecule has 0 fully saturated rings. The summed E-state index contributed by atoms with van der Waals surface area (Å²) in [6, 6.07) is 9.83. The number of carbonyl (C=O) groups excluding carboxylic acids is 4. The van der Waals surface area contributed by atoms with Crippen LogP contribution in [0.5, 0.6) is 0 Å². The van der Waals surface area contributed by atoms with Crippen molar-refractivity contribution in [2.45, 2.75) is 32.2 Å². The van der Waals surface area contributed by atoms with Crippen molar-refractivity contribution in [2.24, 2.45) is 0 Å².